The maximum atomic E-state index is 14.7. The smallest absolute Gasteiger partial charge is 0.388 e. The maximum absolute atomic E-state index is 14.7. The van der Waals surface area contributed by atoms with Crippen LogP contribution in [0.5, 0.6) is 5.75 Å². The molecular weight excluding hydrogens is 501 g/mol. The Bertz CT molecular complexity index is 1160. The molecule has 0 bridgehead atoms. The molecule has 1 aromatic heterocycles. The number of rotatable bonds is 3. The summed E-state index contributed by atoms with van der Waals surface area (Å²) in [5, 5.41) is 16.2. The number of alkyl halides is 3. The van der Waals surface area contributed by atoms with Gasteiger partial charge in [0.2, 0.25) is 0 Å². The van der Waals surface area contributed by atoms with E-state index in [1.165, 1.54) is 23.5 Å². The van der Waals surface area contributed by atoms with Crippen LogP contribution < -0.4 is 10.6 Å². The summed E-state index contributed by atoms with van der Waals surface area (Å²) in [7, 11) is 0. The number of amides is 1. The molecule has 1 aliphatic rings. The van der Waals surface area contributed by atoms with Crippen LogP contribution in [0.2, 0.25) is 5.02 Å². The highest BCUT2D eigenvalue weighted by Crippen LogP contribution is 2.35. The van der Waals surface area contributed by atoms with E-state index >= 15 is 0 Å². The molecule has 0 aliphatic carbocycles. The maximum Gasteiger partial charge on any atom is 0.388 e. The molecule has 0 unspecified atom stereocenters. The second-order valence-corrected chi connectivity index (χ2v) is 8.68. The monoisotopic (exact) mass is 519 g/mol. The van der Waals surface area contributed by atoms with Gasteiger partial charge in [-0.25, -0.2) is 13.8 Å². The second kappa shape index (κ2) is 10.7. The molecule has 0 saturated carbocycles. The Kier molecular flexibility index (Phi) is 8.11. The minimum absolute atomic E-state index is 0.00749. The Morgan fingerprint density at radius 1 is 1.26 bits per heavy atom. The van der Waals surface area contributed by atoms with Crippen LogP contribution in [-0.2, 0) is 13.0 Å². The molecule has 34 heavy (non-hydrogen) atoms. The van der Waals surface area contributed by atoms with E-state index in [0.29, 0.717) is 11.6 Å². The van der Waals surface area contributed by atoms with Gasteiger partial charge in [-0.2, -0.15) is 13.2 Å². The number of hydrogen-bond donors (Lipinski definition) is 3. The summed E-state index contributed by atoms with van der Waals surface area (Å²) in [5.41, 5.74) is 0.403. The van der Waals surface area contributed by atoms with Crippen molar-refractivity contribution >= 4 is 34.5 Å². The third kappa shape index (κ3) is 6.22. The molecule has 0 fully saturated rings. The molecule has 0 spiro atoms. The van der Waals surface area contributed by atoms with Gasteiger partial charge in [-0.3, -0.25) is 4.79 Å². The number of fused-ring (bicyclic) bond motifs is 1. The normalized spacial score (nSPS) is 13.0. The minimum Gasteiger partial charge on any atom is -0.507 e. The second-order valence-electron chi connectivity index (χ2n) is 7.18. The Morgan fingerprint density at radius 3 is 2.59 bits per heavy atom. The largest absolute Gasteiger partial charge is 0.507 e. The number of aromatic hydroxyl groups is 1. The fraction of sp³-hybridized carbons (Fsp3) is 0.273. The zero-order valence-electron chi connectivity index (χ0n) is 17.7. The molecule has 2 aromatic carbocycles. The first-order chi connectivity index (χ1) is 16.0. The number of benzene rings is 2. The lowest BCUT2D eigenvalue weighted by Crippen LogP contribution is -2.22. The van der Waals surface area contributed by atoms with Crippen molar-refractivity contribution in [1.29, 1.82) is 0 Å². The van der Waals surface area contributed by atoms with E-state index in [-0.39, 0.29) is 21.8 Å². The van der Waals surface area contributed by atoms with E-state index in [4.69, 9.17) is 11.6 Å². The van der Waals surface area contributed by atoms with Crippen LogP contribution >= 0.6 is 22.9 Å². The van der Waals surface area contributed by atoms with Gasteiger partial charge >= 0.3 is 6.18 Å². The number of nitrogens with one attached hydrogen (secondary N) is 2. The lowest BCUT2D eigenvalue weighted by Gasteiger charge is -2.10. The molecule has 12 heteroatoms. The Balaban J connectivity index is 0.000000481. The van der Waals surface area contributed by atoms with Gasteiger partial charge in [-0.15, -0.1) is 11.3 Å². The summed E-state index contributed by atoms with van der Waals surface area (Å²) in [6, 6.07) is 5.99. The number of halogens is 6. The van der Waals surface area contributed by atoms with Crippen LogP contribution in [0.4, 0.5) is 27.6 Å². The van der Waals surface area contributed by atoms with Crippen LogP contribution in [0, 0.1) is 11.6 Å². The first-order valence-electron chi connectivity index (χ1n) is 10.0. The first kappa shape index (κ1) is 25.9. The molecule has 3 N–H and O–H groups in total. The van der Waals surface area contributed by atoms with Crippen molar-refractivity contribution in [2.24, 2.45) is 0 Å². The van der Waals surface area contributed by atoms with E-state index in [1.807, 2.05) is 0 Å². The summed E-state index contributed by atoms with van der Waals surface area (Å²) in [6.45, 7) is 2.53. The standard InChI is InChI=1S/C19H14ClF2N3O2S.C3H5F3/c20-11-2-1-3-12(21)17(11)25-18(27)10-6-13(22)9(7-15(10)26)19-24-14-8-23-5-4-16(14)28-19;1-2-3(4,5)6/h1-3,6-7,23,26H,4-5,8H2,(H,25,27);2H2,1H3. The van der Waals surface area contributed by atoms with E-state index < -0.39 is 35.9 Å². The number of carbonyl (C=O) groups is 1. The van der Waals surface area contributed by atoms with Crippen molar-refractivity contribution in [1.82, 2.24) is 10.3 Å². The van der Waals surface area contributed by atoms with E-state index in [9.17, 15) is 31.9 Å². The zero-order valence-corrected chi connectivity index (χ0v) is 19.3. The lowest BCUT2D eigenvalue weighted by molar-refractivity contribution is -0.130. The summed E-state index contributed by atoms with van der Waals surface area (Å²) in [5.74, 6) is -2.76. The topological polar surface area (TPSA) is 74.2 Å². The molecule has 182 valence electrons. The minimum atomic E-state index is -3.96. The summed E-state index contributed by atoms with van der Waals surface area (Å²) < 4.78 is 60.9. The predicted octanol–water partition coefficient (Wildman–Crippen LogP) is 6.30. The average Bonchev–Trinajstić information content (AvgIpc) is 3.21. The van der Waals surface area contributed by atoms with Crippen molar-refractivity contribution in [3.05, 3.63) is 63.1 Å². The Labute approximate surface area is 200 Å². The molecule has 4 rings (SSSR count). The lowest BCUT2D eigenvalue weighted by atomic mass is 10.1. The number of thiazole rings is 1. The van der Waals surface area contributed by atoms with E-state index in [1.54, 1.807) is 0 Å². The highest BCUT2D eigenvalue weighted by Gasteiger charge is 2.23. The summed E-state index contributed by atoms with van der Waals surface area (Å²) >= 11 is 7.25. The van der Waals surface area contributed by atoms with Gasteiger partial charge in [0.25, 0.3) is 5.91 Å². The first-order valence-corrected chi connectivity index (χ1v) is 11.2. The van der Waals surface area contributed by atoms with E-state index in [2.05, 4.69) is 15.6 Å². The fourth-order valence-corrected chi connectivity index (χ4v) is 4.25. The van der Waals surface area contributed by atoms with Gasteiger partial charge in [0, 0.05) is 30.0 Å². The number of nitrogens with zero attached hydrogens (tertiary/aromatic N) is 1. The van der Waals surface area contributed by atoms with Crippen molar-refractivity contribution in [3.63, 3.8) is 0 Å². The summed E-state index contributed by atoms with van der Waals surface area (Å²) in [4.78, 5) is 17.9. The van der Waals surface area contributed by atoms with Gasteiger partial charge < -0.3 is 15.7 Å². The number of hydrogen-bond acceptors (Lipinski definition) is 5. The number of para-hydroxylation sites is 1. The number of phenols is 1. The third-order valence-electron chi connectivity index (χ3n) is 4.76. The molecule has 0 atom stereocenters. The highest BCUT2D eigenvalue weighted by molar-refractivity contribution is 7.15. The average molecular weight is 520 g/mol. The van der Waals surface area contributed by atoms with Gasteiger partial charge in [0.1, 0.15) is 22.4 Å². The van der Waals surface area contributed by atoms with Crippen LogP contribution in [-0.4, -0.2) is 28.7 Å². The van der Waals surface area contributed by atoms with Gasteiger partial charge in [-0.05, 0) is 30.7 Å². The van der Waals surface area contributed by atoms with Gasteiger partial charge in [-0.1, -0.05) is 24.6 Å². The van der Waals surface area contributed by atoms with Crippen LogP contribution in [0.1, 0.15) is 34.3 Å². The number of anilines is 1. The molecular formula is C22H19ClF5N3O2S. The Hall–Kier alpha value is -2.76. The highest BCUT2D eigenvalue weighted by atomic mass is 35.5. The fourth-order valence-electron chi connectivity index (χ4n) is 2.95. The van der Waals surface area contributed by atoms with Crippen molar-refractivity contribution in [2.75, 3.05) is 11.9 Å². The van der Waals surface area contributed by atoms with Crippen molar-refractivity contribution in [3.8, 4) is 16.3 Å². The quantitative estimate of drug-likeness (QED) is 0.355. The predicted molar refractivity (Wildman–Crippen MR) is 120 cm³/mol. The molecule has 1 amide bonds. The third-order valence-corrected chi connectivity index (χ3v) is 6.27. The number of phenolic OH excluding ortho intramolecular Hbond substituents is 1. The molecule has 2 heterocycles. The van der Waals surface area contributed by atoms with Crippen LogP contribution in [0.3, 0.4) is 0 Å². The van der Waals surface area contributed by atoms with E-state index in [0.717, 1.165) is 48.7 Å². The zero-order chi connectivity index (χ0) is 25.0. The number of carbonyl (C=O) groups excluding carboxylic acids is 1. The Morgan fingerprint density at radius 2 is 1.97 bits per heavy atom. The molecule has 3 aromatic rings. The molecule has 1 aliphatic heterocycles. The summed E-state index contributed by atoms with van der Waals surface area (Å²) in [6.07, 6.45) is -3.88. The van der Waals surface area contributed by atoms with Crippen LogP contribution in [0.15, 0.2) is 30.3 Å². The van der Waals surface area contributed by atoms with Crippen LogP contribution in [0.25, 0.3) is 10.6 Å². The van der Waals surface area contributed by atoms with Gasteiger partial charge in [0.15, 0.2) is 0 Å². The SMILES string of the molecule is CCC(F)(F)F.O=C(Nc1c(F)cccc1Cl)c1cc(F)c(-c2nc3c(s2)CCNC3)cc1O. The molecule has 0 saturated heterocycles. The van der Waals surface area contributed by atoms with Crippen molar-refractivity contribution < 1.29 is 31.9 Å². The molecule has 5 nitrogen and oxygen atoms in total. The van der Waals surface area contributed by atoms with Gasteiger partial charge in [0.05, 0.1) is 22.0 Å². The molecule has 0 radical (unpaired) electrons. The number of aromatic nitrogens is 1. The van der Waals surface area contributed by atoms with Crippen molar-refractivity contribution in [2.45, 2.75) is 32.5 Å².